The lowest BCUT2D eigenvalue weighted by Crippen LogP contribution is -2.32. The van der Waals surface area contributed by atoms with Gasteiger partial charge < -0.3 is 10.6 Å². The molecule has 1 rings (SSSR count). The monoisotopic (exact) mass is 329 g/mol. The highest BCUT2D eigenvalue weighted by Gasteiger charge is 2.14. The molecule has 0 heterocycles. The highest BCUT2D eigenvalue weighted by molar-refractivity contribution is 9.10. The minimum Gasteiger partial charge on any atom is -0.371 e. The van der Waals surface area contributed by atoms with Gasteiger partial charge in [0.2, 0.25) is 5.91 Å². The van der Waals surface area contributed by atoms with Gasteiger partial charge >= 0.3 is 0 Å². The molecule has 1 aromatic carbocycles. The van der Waals surface area contributed by atoms with Gasteiger partial charge in [-0.25, -0.2) is 0 Å². The molecule has 0 fully saturated rings. The molecule has 0 aliphatic carbocycles. The Bertz CT molecular complexity index is 477. The molecule has 104 valence electrons. The maximum absolute atomic E-state index is 11.5. The Morgan fingerprint density at radius 1 is 1.47 bits per heavy atom. The van der Waals surface area contributed by atoms with E-state index in [1.54, 1.807) is 12.1 Å². The van der Waals surface area contributed by atoms with Crippen molar-refractivity contribution in [3.8, 4) is 0 Å². The molecule has 0 bridgehead atoms. The van der Waals surface area contributed by atoms with E-state index < -0.39 is 4.92 Å². The molecule has 0 spiro atoms. The number of carbonyl (C=O) groups is 1. The predicted molar refractivity (Wildman–Crippen MR) is 77.1 cm³/mol. The second-order valence-corrected chi connectivity index (χ2v) is 5.39. The molecule has 0 saturated carbocycles. The molecule has 0 aliphatic heterocycles. The smallest absolute Gasteiger partial charge is 0.292 e. The van der Waals surface area contributed by atoms with Crippen LogP contribution in [-0.4, -0.2) is 23.9 Å². The van der Waals surface area contributed by atoms with Gasteiger partial charge in [0.15, 0.2) is 0 Å². The number of carbonyl (C=O) groups excluding carboxylic acids is 1. The summed E-state index contributed by atoms with van der Waals surface area (Å²) in [6.45, 7) is 4.57. The summed E-state index contributed by atoms with van der Waals surface area (Å²) in [5, 5.41) is 16.4. The third kappa shape index (κ3) is 5.25. The number of benzene rings is 1. The molecule has 0 radical (unpaired) electrons. The van der Waals surface area contributed by atoms with Crippen LogP contribution in [0.5, 0.6) is 0 Å². The van der Waals surface area contributed by atoms with Crippen LogP contribution < -0.4 is 10.6 Å². The first kappa shape index (κ1) is 15.4. The van der Waals surface area contributed by atoms with Crippen LogP contribution >= 0.6 is 15.9 Å². The number of nitrogens with one attached hydrogen (secondary N) is 2. The van der Waals surface area contributed by atoms with E-state index in [1.165, 1.54) is 6.07 Å². The summed E-state index contributed by atoms with van der Waals surface area (Å²) >= 11 is 3.24. The molecule has 0 atom stereocenters. The van der Waals surface area contributed by atoms with Crippen LogP contribution in [0.3, 0.4) is 0 Å². The molecular weight excluding hydrogens is 314 g/mol. The number of amides is 1. The normalized spacial score (nSPS) is 10.3. The average Bonchev–Trinajstić information content (AvgIpc) is 2.33. The predicted octanol–water partition coefficient (Wildman–Crippen LogP) is 2.54. The van der Waals surface area contributed by atoms with Crippen LogP contribution in [0.15, 0.2) is 22.7 Å². The number of anilines is 1. The fraction of sp³-hybridized carbons (Fsp3) is 0.417. The van der Waals surface area contributed by atoms with Crippen LogP contribution in [0.1, 0.15) is 13.8 Å². The molecule has 0 saturated heterocycles. The summed E-state index contributed by atoms with van der Waals surface area (Å²) in [7, 11) is 0. The molecule has 1 amide bonds. The maximum atomic E-state index is 11.5. The van der Waals surface area contributed by atoms with Crippen molar-refractivity contribution in [1.29, 1.82) is 0 Å². The van der Waals surface area contributed by atoms with Crippen molar-refractivity contribution in [2.75, 3.05) is 18.4 Å². The Hall–Kier alpha value is -1.63. The fourth-order valence-electron chi connectivity index (χ4n) is 1.37. The number of hydrogen-bond donors (Lipinski definition) is 2. The Morgan fingerprint density at radius 2 is 2.16 bits per heavy atom. The molecule has 0 aliphatic rings. The first-order chi connectivity index (χ1) is 8.90. The lowest BCUT2D eigenvalue weighted by molar-refractivity contribution is -0.384. The van der Waals surface area contributed by atoms with E-state index >= 15 is 0 Å². The second kappa shape index (κ2) is 7.08. The van der Waals surface area contributed by atoms with Crippen molar-refractivity contribution >= 4 is 33.2 Å². The third-order valence-electron chi connectivity index (χ3n) is 2.30. The van der Waals surface area contributed by atoms with E-state index in [0.29, 0.717) is 22.6 Å². The van der Waals surface area contributed by atoms with Crippen molar-refractivity contribution in [2.24, 2.45) is 5.92 Å². The molecular formula is C12H16BrN3O3. The van der Waals surface area contributed by atoms with Gasteiger partial charge in [0.1, 0.15) is 5.69 Å². The van der Waals surface area contributed by atoms with Crippen LogP contribution in [0.25, 0.3) is 0 Å². The third-order valence-corrected chi connectivity index (χ3v) is 2.80. The molecule has 0 aromatic heterocycles. The molecule has 7 heteroatoms. The van der Waals surface area contributed by atoms with Crippen LogP contribution in [0.4, 0.5) is 11.4 Å². The summed E-state index contributed by atoms with van der Waals surface area (Å²) in [5.74, 6) is 0.173. The fourth-order valence-corrected chi connectivity index (χ4v) is 1.73. The SMILES string of the molecule is CC(C)CNC(=O)CNc1cc(Br)ccc1[N+](=O)[O-]. The maximum Gasteiger partial charge on any atom is 0.292 e. The van der Waals surface area contributed by atoms with Crippen LogP contribution in [0.2, 0.25) is 0 Å². The van der Waals surface area contributed by atoms with Gasteiger partial charge in [0.05, 0.1) is 11.5 Å². The summed E-state index contributed by atoms with van der Waals surface area (Å²) in [5.41, 5.74) is 0.263. The summed E-state index contributed by atoms with van der Waals surface area (Å²) in [4.78, 5) is 21.9. The first-order valence-electron chi connectivity index (χ1n) is 5.84. The van der Waals surface area contributed by atoms with Gasteiger partial charge in [-0.1, -0.05) is 29.8 Å². The van der Waals surface area contributed by atoms with E-state index in [9.17, 15) is 14.9 Å². The zero-order valence-corrected chi connectivity index (χ0v) is 12.4. The second-order valence-electron chi connectivity index (χ2n) is 4.47. The largest absolute Gasteiger partial charge is 0.371 e. The number of hydrogen-bond acceptors (Lipinski definition) is 4. The molecule has 0 unspecified atom stereocenters. The average molecular weight is 330 g/mol. The zero-order chi connectivity index (χ0) is 14.4. The van der Waals surface area contributed by atoms with Gasteiger partial charge in [0.25, 0.3) is 5.69 Å². The van der Waals surface area contributed by atoms with Gasteiger partial charge in [-0.15, -0.1) is 0 Å². The minimum atomic E-state index is -0.485. The van der Waals surface area contributed by atoms with Gasteiger partial charge in [-0.05, 0) is 18.1 Å². The topological polar surface area (TPSA) is 84.3 Å². The standard InChI is InChI=1S/C12H16BrN3O3/c1-8(2)6-15-12(17)7-14-10-5-9(13)3-4-11(10)16(18)19/h3-5,8,14H,6-7H2,1-2H3,(H,15,17). The zero-order valence-electron chi connectivity index (χ0n) is 10.8. The highest BCUT2D eigenvalue weighted by atomic mass is 79.9. The van der Waals surface area contributed by atoms with E-state index in [4.69, 9.17) is 0 Å². The lowest BCUT2D eigenvalue weighted by atomic mass is 10.2. The molecule has 1 aromatic rings. The van der Waals surface area contributed by atoms with E-state index in [2.05, 4.69) is 26.6 Å². The summed E-state index contributed by atoms with van der Waals surface area (Å²) < 4.78 is 0.711. The van der Waals surface area contributed by atoms with E-state index in [1.807, 2.05) is 13.8 Å². The Balaban J connectivity index is 2.64. The Morgan fingerprint density at radius 3 is 2.74 bits per heavy atom. The van der Waals surface area contributed by atoms with Crippen molar-refractivity contribution in [1.82, 2.24) is 5.32 Å². The van der Waals surface area contributed by atoms with Crippen LogP contribution in [0, 0.1) is 16.0 Å². The van der Waals surface area contributed by atoms with Gasteiger partial charge in [-0.2, -0.15) is 0 Å². The van der Waals surface area contributed by atoms with Gasteiger partial charge in [0, 0.05) is 17.1 Å². The number of halogens is 1. The van der Waals surface area contributed by atoms with E-state index in [-0.39, 0.29) is 18.1 Å². The van der Waals surface area contributed by atoms with Crippen molar-refractivity contribution in [3.05, 3.63) is 32.8 Å². The number of nitro groups is 1. The quantitative estimate of drug-likeness (QED) is 0.620. The minimum absolute atomic E-state index is 0.00398. The number of rotatable bonds is 6. The van der Waals surface area contributed by atoms with E-state index in [0.717, 1.165) is 0 Å². The summed E-state index contributed by atoms with van der Waals surface area (Å²) in [6.07, 6.45) is 0. The number of nitrogens with zero attached hydrogens (tertiary/aromatic N) is 1. The van der Waals surface area contributed by atoms with Gasteiger partial charge in [-0.3, -0.25) is 14.9 Å². The Kier molecular flexibility index (Phi) is 5.75. The van der Waals surface area contributed by atoms with Crippen molar-refractivity contribution < 1.29 is 9.72 Å². The van der Waals surface area contributed by atoms with Crippen molar-refractivity contribution in [3.63, 3.8) is 0 Å². The molecule has 6 nitrogen and oxygen atoms in total. The number of nitro benzene ring substituents is 1. The highest BCUT2D eigenvalue weighted by Crippen LogP contribution is 2.27. The molecule has 2 N–H and O–H groups in total. The Labute approximate surface area is 119 Å². The summed E-state index contributed by atoms with van der Waals surface area (Å²) in [6, 6.07) is 4.55. The van der Waals surface area contributed by atoms with Crippen molar-refractivity contribution in [2.45, 2.75) is 13.8 Å². The lowest BCUT2D eigenvalue weighted by Gasteiger charge is -2.10. The van der Waals surface area contributed by atoms with Crippen LogP contribution in [-0.2, 0) is 4.79 Å². The molecule has 19 heavy (non-hydrogen) atoms. The first-order valence-corrected chi connectivity index (χ1v) is 6.64.